The molecule has 4 aromatic carbocycles. The Bertz CT molecular complexity index is 2860. The second kappa shape index (κ2) is 21.3. The molecule has 6 aromatic rings. The molecule has 5 unspecified atom stereocenters. The molecule has 0 spiro atoms. The number of amides is 4. The number of imidazole rings is 2. The van der Waals surface area contributed by atoms with Gasteiger partial charge in [0.05, 0.1) is 48.4 Å². The van der Waals surface area contributed by atoms with Gasteiger partial charge in [-0.2, -0.15) is 23.5 Å². The van der Waals surface area contributed by atoms with Crippen LogP contribution in [0.3, 0.4) is 0 Å². The number of carbonyl (C=O) groups excluding carboxylic acids is 4. The minimum Gasteiger partial charge on any atom is -0.453 e. The summed E-state index contributed by atoms with van der Waals surface area (Å²) in [7, 11) is 2.63. The summed E-state index contributed by atoms with van der Waals surface area (Å²) in [5.74, 6) is 3.01. The molecule has 2 fully saturated rings. The fraction of sp³-hybridized carbons (Fsp3) is 0.434. The third kappa shape index (κ3) is 10.3. The van der Waals surface area contributed by atoms with Crippen molar-refractivity contribution in [2.24, 2.45) is 0 Å². The highest BCUT2D eigenvalue weighted by molar-refractivity contribution is 7.98. The van der Waals surface area contributed by atoms with Gasteiger partial charge in [0.25, 0.3) is 0 Å². The van der Waals surface area contributed by atoms with E-state index < -0.39 is 24.3 Å². The normalized spacial score (nSPS) is 18.8. The van der Waals surface area contributed by atoms with Crippen molar-refractivity contribution in [2.75, 3.05) is 51.3 Å². The van der Waals surface area contributed by atoms with Crippen LogP contribution in [0, 0.1) is 0 Å². The third-order valence-electron chi connectivity index (χ3n) is 14.2. The van der Waals surface area contributed by atoms with Crippen LogP contribution in [0.25, 0.3) is 44.3 Å². The Morgan fingerprint density at radius 2 is 1.20 bits per heavy atom. The van der Waals surface area contributed by atoms with Crippen LogP contribution in [-0.2, 0) is 38.3 Å². The molecule has 2 aliphatic heterocycles. The van der Waals surface area contributed by atoms with Gasteiger partial charge < -0.3 is 39.9 Å². The maximum Gasteiger partial charge on any atom is 0.407 e. The number of carbonyl (C=O) groups is 4. The van der Waals surface area contributed by atoms with E-state index in [-0.39, 0.29) is 29.8 Å². The predicted octanol–water partition coefficient (Wildman–Crippen LogP) is 9.50. The monoisotopic (exact) mass is 970 g/mol. The minimum atomic E-state index is -0.664. The number of H-pyrrole nitrogens is 2. The standard InChI is InChI=1S/C53H62N8O6S2/c1-31-26-35-13-11-32(27-38(35)36-16-18-40-44(29-36)56-48(54-40)46-8-6-22-60(46)50(62)42(20-24-68-4)58-52(64)66-2)10-12-33-14-15-34(31)28-39(33)37-17-19-41-45(30-37)57-49(55-41)47-9-7-23-61(47)51(63)43(21-25-69-5)59-53(65)67-3/h11,13-19,27-31,42-43,46-47H,6-10,12,20-26H2,1-5H3,(H,54,56)(H,55,57)(H,58,64)(H,59,65). The molecule has 4 amide bonds. The van der Waals surface area contributed by atoms with E-state index in [1.165, 1.54) is 47.6 Å². The molecule has 16 heteroatoms. The Labute approximate surface area is 411 Å². The smallest absolute Gasteiger partial charge is 0.407 e. The van der Waals surface area contributed by atoms with Crippen LogP contribution in [-0.4, -0.2) is 117 Å². The molecule has 4 N–H and O–H groups in total. The van der Waals surface area contributed by atoms with Crippen molar-refractivity contribution in [3.8, 4) is 22.3 Å². The molecule has 12 rings (SSSR count). The maximum absolute atomic E-state index is 13.9. The third-order valence-corrected chi connectivity index (χ3v) is 15.5. The van der Waals surface area contributed by atoms with Gasteiger partial charge in [-0.05, 0) is 156 Å². The van der Waals surface area contributed by atoms with Crippen molar-refractivity contribution in [1.29, 1.82) is 0 Å². The number of rotatable bonds is 14. The summed E-state index contributed by atoms with van der Waals surface area (Å²) in [5.41, 5.74) is 13.3. The zero-order valence-electron chi connectivity index (χ0n) is 40.1. The summed E-state index contributed by atoms with van der Waals surface area (Å²) in [6.07, 6.45) is 9.67. The molecular formula is C53H62N8O6S2. The second-order valence-corrected chi connectivity index (χ2v) is 20.5. The molecule has 2 saturated heterocycles. The van der Waals surface area contributed by atoms with Crippen LogP contribution < -0.4 is 10.6 Å². The quantitative estimate of drug-likeness (QED) is 0.0823. The Balaban J connectivity index is 0.947. The van der Waals surface area contributed by atoms with E-state index in [1.54, 1.807) is 23.5 Å². The van der Waals surface area contributed by atoms with Gasteiger partial charge >= 0.3 is 12.2 Å². The number of hydrogen-bond donors (Lipinski definition) is 4. The largest absolute Gasteiger partial charge is 0.453 e. The SMILES string of the molecule is COC(=O)NC(CCSC)C(=O)N1CCCC1c1nc2ccc(-c3cc4ccc3CCc3ccc(c(-c5ccc6nc(C7CCCN7C(=O)C(CCSC)NC(=O)OC)[nH]c6c5)c3)CC4C)cc2[nH]1. The molecule has 0 radical (unpaired) electrons. The summed E-state index contributed by atoms with van der Waals surface area (Å²) in [6.45, 7) is 3.51. The van der Waals surface area contributed by atoms with Gasteiger partial charge in [-0.15, -0.1) is 0 Å². The first kappa shape index (κ1) is 48.0. The number of ether oxygens (including phenoxy) is 2. The lowest BCUT2D eigenvalue weighted by Crippen LogP contribution is -2.48. The van der Waals surface area contributed by atoms with E-state index in [2.05, 4.69) is 100 Å². The number of methoxy groups -OCH3 is 2. The van der Waals surface area contributed by atoms with E-state index in [1.807, 2.05) is 22.3 Å². The maximum atomic E-state index is 13.9. The number of nitrogens with one attached hydrogen (secondary N) is 4. The molecule has 69 heavy (non-hydrogen) atoms. The number of aromatic nitrogens is 4. The minimum absolute atomic E-state index is 0.109. The summed E-state index contributed by atoms with van der Waals surface area (Å²) in [6, 6.07) is 25.1. The molecule has 4 bridgehead atoms. The van der Waals surface area contributed by atoms with Gasteiger partial charge in [-0.1, -0.05) is 55.5 Å². The molecule has 6 aliphatic rings. The predicted molar refractivity (Wildman–Crippen MR) is 275 cm³/mol. The van der Waals surface area contributed by atoms with Crippen molar-refractivity contribution in [1.82, 2.24) is 40.4 Å². The topological polar surface area (TPSA) is 175 Å². The highest BCUT2D eigenvalue weighted by atomic mass is 32.2. The summed E-state index contributed by atoms with van der Waals surface area (Å²) < 4.78 is 9.70. The van der Waals surface area contributed by atoms with E-state index in [0.29, 0.717) is 25.9 Å². The summed E-state index contributed by atoms with van der Waals surface area (Å²) >= 11 is 3.27. The van der Waals surface area contributed by atoms with E-state index in [0.717, 1.165) is 101 Å². The van der Waals surface area contributed by atoms with Crippen LogP contribution in [0.5, 0.6) is 0 Å². The number of fused-ring (bicyclic) bond motifs is 2. The van der Waals surface area contributed by atoms with Crippen LogP contribution in [0.15, 0.2) is 72.8 Å². The van der Waals surface area contributed by atoms with E-state index >= 15 is 0 Å². The number of nitrogens with zero attached hydrogens (tertiary/aromatic N) is 4. The Hall–Kier alpha value is -6.00. The van der Waals surface area contributed by atoms with Crippen molar-refractivity contribution >= 4 is 69.6 Å². The molecule has 5 atom stereocenters. The van der Waals surface area contributed by atoms with Gasteiger partial charge in [-0.3, -0.25) is 9.59 Å². The van der Waals surface area contributed by atoms with Crippen LogP contribution in [0.2, 0.25) is 0 Å². The fourth-order valence-electron chi connectivity index (χ4n) is 10.5. The molecule has 0 saturated carbocycles. The summed E-state index contributed by atoms with van der Waals surface area (Å²) in [5, 5.41) is 5.53. The van der Waals surface area contributed by atoms with Gasteiger partial charge in [0, 0.05) is 13.1 Å². The lowest BCUT2D eigenvalue weighted by atomic mass is 9.84. The van der Waals surface area contributed by atoms with Crippen LogP contribution in [0.4, 0.5) is 9.59 Å². The Morgan fingerprint density at radius 3 is 1.72 bits per heavy atom. The average Bonchev–Trinajstić information content (AvgIpc) is 4.21. The number of aromatic amines is 2. The highest BCUT2D eigenvalue weighted by Crippen LogP contribution is 2.39. The van der Waals surface area contributed by atoms with E-state index in [4.69, 9.17) is 19.4 Å². The number of thioether (sulfide) groups is 2. The van der Waals surface area contributed by atoms with Gasteiger partial charge in [0.1, 0.15) is 23.7 Å². The van der Waals surface area contributed by atoms with E-state index in [9.17, 15) is 19.2 Å². The number of aryl methyl sites for hydroxylation is 2. The average molecular weight is 971 g/mol. The van der Waals surface area contributed by atoms with Crippen molar-refractivity contribution in [2.45, 2.75) is 94.8 Å². The lowest BCUT2D eigenvalue weighted by molar-refractivity contribution is -0.135. The zero-order chi connectivity index (χ0) is 48.2. The zero-order valence-corrected chi connectivity index (χ0v) is 41.7. The molecular weight excluding hydrogens is 909 g/mol. The molecule has 4 heterocycles. The second-order valence-electron chi connectivity index (χ2n) is 18.5. The Kier molecular flexibility index (Phi) is 14.9. The first-order valence-electron chi connectivity index (χ1n) is 24.1. The summed E-state index contributed by atoms with van der Waals surface area (Å²) in [4.78, 5) is 73.1. The van der Waals surface area contributed by atoms with Gasteiger partial charge in [-0.25, -0.2) is 19.6 Å². The molecule has 2 aromatic heterocycles. The Morgan fingerprint density at radius 1 is 0.681 bits per heavy atom. The number of hydrogen-bond acceptors (Lipinski definition) is 10. The number of alkyl carbamates (subject to hydrolysis) is 2. The number of likely N-dealkylation sites (tertiary alicyclic amines) is 2. The number of benzene rings is 4. The molecule has 4 aliphatic carbocycles. The fourth-order valence-corrected chi connectivity index (χ4v) is 11.4. The van der Waals surface area contributed by atoms with Crippen LogP contribution in [0.1, 0.15) is 97.4 Å². The van der Waals surface area contributed by atoms with Crippen molar-refractivity contribution in [3.63, 3.8) is 0 Å². The molecule has 362 valence electrons. The van der Waals surface area contributed by atoms with Crippen LogP contribution >= 0.6 is 23.5 Å². The van der Waals surface area contributed by atoms with Gasteiger partial charge in [0.2, 0.25) is 11.8 Å². The highest BCUT2D eigenvalue weighted by Gasteiger charge is 2.38. The van der Waals surface area contributed by atoms with Crippen molar-refractivity contribution in [3.05, 3.63) is 107 Å². The molecule has 14 nitrogen and oxygen atoms in total. The lowest BCUT2D eigenvalue weighted by Gasteiger charge is -2.28. The van der Waals surface area contributed by atoms with Crippen molar-refractivity contribution < 1.29 is 28.7 Å². The first-order valence-corrected chi connectivity index (χ1v) is 26.9. The first-order chi connectivity index (χ1) is 33.5. The van der Waals surface area contributed by atoms with Gasteiger partial charge in [0.15, 0.2) is 0 Å².